The molecule has 0 radical (unpaired) electrons. The highest BCUT2D eigenvalue weighted by atomic mass is 127. The first kappa shape index (κ1) is 50.0. The number of aliphatic hydroxyl groups excluding tert-OH is 2. The first-order valence-electron chi connectivity index (χ1n) is 21.5. The standard InChI is InChI=1S/C48H56IN3O14/c1-22-13-12-14-23(2)47(60)51-38-42(58)35-34(37-45(38)65-33-21-30(15-16-31(33)50-37)62-20-18-52(10,49)28(7)53)36-44(27(6)41(35)57)66-48(9,46(36)59)63-19-17-32(61-11)24(3)43(64-29(8)54)26(5)40(56)25(4)39(22)55/h12-17,19,21-22,24-26,32,39-40,43,55-56H,18,20H2,1-11H3,(H-,50,51,57,58,59,60)/p+1/b13-12+,19-17+,23-14-/t22-,24+,25+,26+,32-,39-,40+,43+,48-,52?/m0/s1. The number of methoxy groups -OCH3 is 1. The summed E-state index contributed by atoms with van der Waals surface area (Å²) in [4.78, 5) is 72.8. The zero-order chi connectivity index (χ0) is 48.7. The van der Waals surface area contributed by atoms with Crippen molar-refractivity contribution in [3.05, 3.63) is 75.7 Å². The summed E-state index contributed by atoms with van der Waals surface area (Å²) in [7, 11) is 3.19. The predicted octanol–water partition coefficient (Wildman–Crippen LogP) is 6.67. The van der Waals surface area contributed by atoms with E-state index in [0.29, 0.717) is 12.3 Å². The van der Waals surface area contributed by atoms with Crippen molar-refractivity contribution < 1.29 is 65.3 Å². The number of ether oxygens (including phenoxy) is 5. The van der Waals surface area contributed by atoms with Crippen molar-refractivity contribution in [2.75, 3.05) is 32.6 Å². The van der Waals surface area contributed by atoms with Crippen LogP contribution in [0.15, 0.2) is 63.6 Å². The maximum absolute atomic E-state index is 14.8. The monoisotopic (exact) mass is 1030 g/mol. The highest BCUT2D eigenvalue weighted by molar-refractivity contribution is 14.1. The van der Waals surface area contributed by atoms with E-state index in [1.807, 2.05) is 22.9 Å². The van der Waals surface area contributed by atoms with Crippen LogP contribution in [0.4, 0.5) is 5.69 Å². The van der Waals surface area contributed by atoms with Crippen LogP contribution < -0.4 is 20.2 Å². The topological polar surface area (TPSA) is 230 Å². The van der Waals surface area contributed by atoms with Gasteiger partial charge in [-0.1, -0.05) is 45.9 Å². The number of quaternary nitrogens is 1. The maximum Gasteiger partial charge on any atom is 0.317 e. The molecule has 0 spiro atoms. The lowest BCUT2D eigenvalue weighted by atomic mass is 9.78. The molecule has 354 valence electrons. The Morgan fingerprint density at radius 3 is 2.35 bits per heavy atom. The van der Waals surface area contributed by atoms with Gasteiger partial charge in [0.2, 0.25) is 5.43 Å². The summed E-state index contributed by atoms with van der Waals surface area (Å²) in [6, 6.07) is 4.79. The Kier molecular flexibility index (Phi) is 14.7. The van der Waals surface area contributed by atoms with E-state index in [1.165, 1.54) is 60.1 Å². The Morgan fingerprint density at radius 1 is 1.00 bits per heavy atom. The number of esters is 1. The van der Waals surface area contributed by atoms with Gasteiger partial charge in [-0.25, -0.2) is 12.5 Å². The number of benzene rings is 3. The number of aromatic hydroxyl groups is 1. The van der Waals surface area contributed by atoms with E-state index in [-0.39, 0.29) is 76.7 Å². The van der Waals surface area contributed by atoms with Crippen LogP contribution in [0, 0.1) is 30.6 Å². The number of phenols is 1. The maximum atomic E-state index is 14.8. The van der Waals surface area contributed by atoms with Gasteiger partial charge in [0, 0.05) is 67.2 Å². The lowest BCUT2D eigenvalue weighted by Gasteiger charge is -2.38. The van der Waals surface area contributed by atoms with E-state index >= 15 is 0 Å². The number of amides is 2. The molecule has 10 atom stereocenters. The zero-order valence-corrected chi connectivity index (χ0v) is 40.9. The number of halogens is 1. The molecule has 4 bridgehead atoms. The molecule has 1 aliphatic carbocycles. The number of ketones is 1. The molecule has 0 fully saturated rings. The molecular formula is C48H57IN3O14+. The van der Waals surface area contributed by atoms with E-state index in [4.69, 9.17) is 33.1 Å². The van der Waals surface area contributed by atoms with E-state index in [9.17, 15) is 39.3 Å². The number of carbonyl (C=O) groups is 4. The van der Waals surface area contributed by atoms with Crippen molar-refractivity contribution in [3.8, 4) is 28.7 Å². The lowest BCUT2D eigenvalue weighted by molar-refractivity contribution is -0.649. The molecule has 3 aliphatic heterocycles. The van der Waals surface area contributed by atoms with Crippen LogP contribution >= 0.6 is 22.9 Å². The first-order chi connectivity index (χ1) is 30.9. The highest BCUT2D eigenvalue weighted by Crippen LogP contribution is 2.50. The largest absolute Gasteiger partial charge is 0.507 e. The number of rotatable bonds is 6. The number of carbonyl (C=O) groups excluding carboxylic acids is 4. The molecule has 2 aromatic carbocycles. The predicted molar refractivity (Wildman–Crippen MR) is 252 cm³/mol. The molecule has 1 unspecified atom stereocenters. The third-order valence-corrected chi connectivity index (χ3v) is 13.9. The van der Waals surface area contributed by atoms with Crippen molar-refractivity contribution in [2.45, 2.75) is 92.5 Å². The number of aliphatic hydroxyl groups is 2. The van der Waals surface area contributed by atoms with Gasteiger partial charge in [-0.2, -0.15) is 0 Å². The summed E-state index contributed by atoms with van der Waals surface area (Å²) >= 11 is 2.02. The van der Waals surface area contributed by atoms with Crippen LogP contribution in [-0.2, 0) is 28.6 Å². The lowest BCUT2D eigenvalue weighted by Crippen LogP contribution is -2.46. The van der Waals surface area contributed by atoms with E-state index < -0.39 is 82.7 Å². The van der Waals surface area contributed by atoms with Crippen LogP contribution in [0.1, 0.15) is 71.3 Å². The van der Waals surface area contributed by atoms with E-state index in [2.05, 4.69) is 5.32 Å². The summed E-state index contributed by atoms with van der Waals surface area (Å²) < 4.78 is 36.3. The summed E-state index contributed by atoms with van der Waals surface area (Å²) in [5.74, 6) is -7.20. The average molecular weight is 1030 g/mol. The van der Waals surface area contributed by atoms with Gasteiger partial charge in [0.15, 0.2) is 11.3 Å². The average Bonchev–Trinajstić information content (AvgIpc) is 3.53. The molecule has 6 rings (SSSR count). The molecular weight excluding hydrogens is 969 g/mol. The number of nitrogens with zero attached hydrogens (tertiary/aromatic N) is 2. The number of nitrogens with one attached hydrogen (secondary N) is 1. The number of fused-ring (bicyclic) bond motifs is 2. The van der Waals surface area contributed by atoms with Crippen LogP contribution in [0.25, 0.3) is 33.3 Å². The molecule has 18 heteroatoms. The minimum absolute atomic E-state index is 0.0406. The van der Waals surface area contributed by atoms with Gasteiger partial charge in [0.1, 0.15) is 53.4 Å². The van der Waals surface area contributed by atoms with Crippen LogP contribution in [-0.4, -0.2) is 104 Å². The Balaban J connectivity index is 1.56. The summed E-state index contributed by atoms with van der Waals surface area (Å²) in [6.45, 7) is 14.5. The second-order valence-electron chi connectivity index (χ2n) is 17.5. The van der Waals surface area contributed by atoms with Crippen molar-refractivity contribution in [2.24, 2.45) is 23.7 Å². The molecule has 2 aromatic rings. The highest BCUT2D eigenvalue weighted by Gasteiger charge is 2.50. The number of anilines is 1. The summed E-state index contributed by atoms with van der Waals surface area (Å²) in [5, 5.41) is 37.0. The minimum atomic E-state index is -2.06. The summed E-state index contributed by atoms with van der Waals surface area (Å²) in [5.41, 5.74) is -0.852. The number of allylic oxidation sites excluding steroid dienone is 2. The number of hydrogen-bond acceptors (Lipinski definition) is 15. The van der Waals surface area contributed by atoms with Crippen molar-refractivity contribution in [1.29, 1.82) is 0 Å². The molecule has 66 heavy (non-hydrogen) atoms. The number of hydrogen-bond donors (Lipinski definition) is 4. The number of Topliss-reactive ketones (excluding diaryl/α,β-unsaturated/α-hetero) is 1. The Morgan fingerprint density at radius 2 is 1.70 bits per heavy atom. The van der Waals surface area contributed by atoms with Crippen molar-refractivity contribution >= 4 is 74.0 Å². The first-order valence-corrected chi connectivity index (χ1v) is 22.5. The van der Waals surface area contributed by atoms with Gasteiger partial charge in [0.05, 0.1) is 49.5 Å². The normalized spacial score (nSPS) is 29.1. The van der Waals surface area contributed by atoms with Gasteiger partial charge < -0.3 is 48.7 Å². The fourth-order valence-electron chi connectivity index (χ4n) is 8.37. The fraction of sp³-hybridized carbons (Fsp3) is 0.458. The van der Waals surface area contributed by atoms with E-state index in [1.54, 1.807) is 65.1 Å². The molecule has 0 saturated heterocycles. The van der Waals surface area contributed by atoms with Crippen LogP contribution in [0.2, 0.25) is 0 Å². The zero-order valence-electron chi connectivity index (χ0n) is 38.8. The SMILES string of the molecule is CO[C@H]1/C=C/O[C@@]2(C)Oc3c(C)c(O)c4c(=O)c(c5oc6cc(OCC[N+](C)(I)C(C)=O)ccc6nc-5c4c3C2=O)NC(=O)/C(C)=C\C=C\[C@H](C)[C@H](O)[C@@H](C)[C@@H](O)[C@@H](C)[C@H](OC(C)=O)[C@@H]1C. The van der Waals surface area contributed by atoms with Crippen LogP contribution in [0.5, 0.6) is 17.2 Å². The second-order valence-corrected chi connectivity index (χ2v) is 19.6. The summed E-state index contributed by atoms with van der Waals surface area (Å²) in [6.07, 6.45) is 3.46. The van der Waals surface area contributed by atoms with Gasteiger partial charge >= 0.3 is 17.7 Å². The molecule has 3 heterocycles. The quantitative estimate of drug-likeness (QED) is 0.0520. The fourth-order valence-corrected chi connectivity index (χ4v) is 8.56. The van der Waals surface area contributed by atoms with Crippen molar-refractivity contribution in [1.82, 2.24) is 4.98 Å². The minimum Gasteiger partial charge on any atom is -0.507 e. The number of phenolic OH excluding ortho intramolecular Hbond substituents is 1. The van der Waals surface area contributed by atoms with Crippen molar-refractivity contribution in [3.63, 3.8) is 0 Å². The molecule has 4 aliphatic rings. The third kappa shape index (κ3) is 9.56. The molecule has 17 nitrogen and oxygen atoms in total. The Labute approximate surface area is 395 Å². The van der Waals surface area contributed by atoms with Gasteiger partial charge in [-0.3, -0.25) is 19.2 Å². The molecule has 0 saturated carbocycles. The smallest absolute Gasteiger partial charge is 0.317 e. The van der Waals surface area contributed by atoms with Crippen LogP contribution in [0.3, 0.4) is 0 Å². The number of likely N-dealkylation sites (N-methyl/N-ethyl adjacent to an activating group) is 1. The molecule has 2 amide bonds. The third-order valence-electron chi connectivity index (χ3n) is 12.7. The van der Waals surface area contributed by atoms with Gasteiger partial charge in [-0.15, -0.1) is 0 Å². The van der Waals surface area contributed by atoms with E-state index in [0.717, 1.165) is 0 Å². The van der Waals surface area contributed by atoms with Gasteiger partial charge in [-0.05, 0) is 32.1 Å². The number of aromatic nitrogens is 1. The molecule has 0 aromatic heterocycles. The second kappa shape index (κ2) is 19.4. The molecule has 4 N–H and O–H groups in total. The Bertz CT molecular complexity index is 2710. The Hall–Kier alpha value is -5.41. The van der Waals surface area contributed by atoms with Gasteiger partial charge in [0.25, 0.3) is 34.6 Å².